The SMILES string of the molecule is O=C(O)c1coc(CNc2cc(Br)ccc2Cl)c1. The van der Waals surface area contributed by atoms with E-state index in [1.54, 1.807) is 6.07 Å². The second-order valence-corrected chi connectivity index (χ2v) is 4.91. The average molecular weight is 331 g/mol. The fourth-order valence-electron chi connectivity index (χ4n) is 1.40. The summed E-state index contributed by atoms with van der Waals surface area (Å²) in [5.74, 6) is -0.478. The first-order valence-corrected chi connectivity index (χ1v) is 6.23. The van der Waals surface area contributed by atoms with Crippen LogP contribution in [0, 0.1) is 0 Å². The van der Waals surface area contributed by atoms with Gasteiger partial charge in [0.1, 0.15) is 12.0 Å². The molecule has 2 aromatic rings. The van der Waals surface area contributed by atoms with Gasteiger partial charge in [0.05, 0.1) is 22.8 Å². The normalized spacial score (nSPS) is 10.3. The number of anilines is 1. The molecule has 1 heterocycles. The maximum atomic E-state index is 10.7. The molecule has 94 valence electrons. The smallest absolute Gasteiger partial charge is 0.338 e. The molecule has 0 radical (unpaired) electrons. The molecule has 1 aromatic carbocycles. The predicted octanol–water partition coefficient (Wildman–Crippen LogP) is 4.01. The summed E-state index contributed by atoms with van der Waals surface area (Å²) in [6.07, 6.45) is 1.21. The summed E-state index contributed by atoms with van der Waals surface area (Å²) >= 11 is 9.36. The summed E-state index contributed by atoms with van der Waals surface area (Å²) in [7, 11) is 0. The van der Waals surface area contributed by atoms with Gasteiger partial charge in [0, 0.05) is 4.47 Å². The zero-order valence-electron chi connectivity index (χ0n) is 9.11. The van der Waals surface area contributed by atoms with E-state index in [4.69, 9.17) is 21.1 Å². The van der Waals surface area contributed by atoms with Crippen molar-refractivity contribution in [2.45, 2.75) is 6.54 Å². The van der Waals surface area contributed by atoms with E-state index < -0.39 is 5.97 Å². The van der Waals surface area contributed by atoms with E-state index >= 15 is 0 Å². The Morgan fingerprint density at radius 1 is 1.44 bits per heavy atom. The van der Waals surface area contributed by atoms with Crippen LogP contribution in [0.2, 0.25) is 5.02 Å². The molecule has 0 spiro atoms. The standard InChI is InChI=1S/C12H9BrClNO3/c13-8-1-2-10(14)11(4-8)15-5-9-3-7(6-18-9)12(16)17/h1-4,6,15H,5H2,(H,16,17). The molecule has 0 aliphatic rings. The molecular formula is C12H9BrClNO3. The van der Waals surface area contributed by atoms with Gasteiger partial charge in [-0.05, 0) is 24.3 Å². The van der Waals surface area contributed by atoms with Gasteiger partial charge in [-0.25, -0.2) is 4.79 Å². The number of halogens is 2. The fourth-order valence-corrected chi connectivity index (χ4v) is 1.95. The Balaban J connectivity index is 2.06. The van der Waals surface area contributed by atoms with Gasteiger partial charge in [-0.3, -0.25) is 0 Å². The summed E-state index contributed by atoms with van der Waals surface area (Å²) in [5, 5.41) is 12.4. The molecule has 0 saturated heterocycles. The minimum atomic E-state index is -1.01. The average Bonchev–Trinajstić information content (AvgIpc) is 2.79. The van der Waals surface area contributed by atoms with Crippen molar-refractivity contribution in [3.8, 4) is 0 Å². The van der Waals surface area contributed by atoms with Gasteiger partial charge in [0.2, 0.25) is 0 Å². The van der Waals surface area contributed by atoms with Gasteiger partial charge < -0.3 is 14.8 Å². The second-order valence-electron chi connectivity index (χ2n) is 3.58. The van der Waals surface area contributed by atoms with Crippen LogP contribution in [0.3, 0.4) is 0 Å². The molecule has 2 N–H and O–H groups in total. The second kappa shape index (κ2) is 5.46. The molecule has 1 aromatic heterocycles. The van der Waals surface area contributed by atoms with Crippen molar-refractivity contribution in [2.75, 3.05) is 5.32 Å². The van der Waals surface area contributed by atoms with E-state index in [9.17, 15) is 4.79 Å². The molecule has 0 saturated carbocycles. The number of benzene rings is 1. The van der Waals surface area contributed by atoms with E-state index in [0.717, 1.165) is 10.2 Å². The Labute approximate surface area is 117 Å². The third-order valence-corrected chi connectivity index (χ3v) is 3.11. The number of carboxylic acids is 1. The van der Waals surface area contributed by atoms with Crippen molar-refractivity contribution in [1.29, 1.82) is 0 Å². The van der Waals surface area contributed by atoms with E-state index in [0.29, 0.717) is 17.3 Å². The largest absolute Gasteiger partial charge is 0.478 e. The number of rotatable bonds is 4. The molecule has 0 aliphatic carbocycles. The van der Waals surface area contributed by atoms with Crippen molar-refractivity contribution < 1.29 is 14.3 Å². The van der Waals surface area contributed by atoms with Crippen molar-refractivity contribution in [2.24, 2.45) is 0 Å². The molecule has 0 amide bonds. The summed E-state index contributed by atoms with van der Waals surface area (Å²) in [5.41, 5.74) is 0.881. The van der Waals surface area contributed by atoms with Crippen molar-refractivity contribution >= 4 is 39.2 Å². The zero-order chi connectivity index (χ0) is 13.1. The Morgan fingerprint density at radius 3 is 2.89 bits per heavy atom. The molecule has 0 atom stereocenters. The maximum absolute atomic E-state index is 10.7. The lowest BCUT2D eigenvalue weighted by atomic mass is 10.3. The van der Waals surface area contributed by atoms with Crippen LogP contribution in [-0.2, 0) is 6.54 Å². The highest BCUT2D eigenvalue weighted by molar-refractivity contribution is 9.10. The number of nitrogens with one attached hydrogen (secondary N) is 1. The van der Waals surface area contributed by atoms with Crippen molar-refractivity contribution in [1.82, 2.24) is 0 Å². The van der Waals surface area contributed by atoms with Gasteiger partial charge in [0.15, 0.2) is 0 Å². The van der Waals surface area contributed by atoms with Crippen LogP contribution in [0.25, 0.3) is 0 Å². The van der Waals surface area contributed by atoms with Crippen molar-refractivity contribution in [3.63, 3.8) is 0 Å². The number of carbonyl (C=O) groups is 1. The first kappa shape index (κ1) is 13.0. The van der Waals surface area contributed by atoms with E-state index in [1.165, 1.54) is 12.3 Å². The molecule has 18 heavy (non-hydrogen) atoms. The summed E-state index contributed by atoms with van der Waals surface area (Å²) < 4.78 is 6.02. The predicted molar refractivity (Wildman–Crippen MR) is 72.1 cm³/mol. The highest BCUT2D eigenvalue weighted by Crippen LogP contribution is 2.26. The van der Waals surface area contributed by atoms with Gasteiger partial charge in [-0.1, -0.05) is 27.5 Å². The topological polar surface area (TPSA) is 62.5 Å². The lowest BCUT2D eigenvalue weighted by molar-refractivity contribution is 0.0696. The Hall–Kier alpha value is -1.46. The monoisotopic (exact) mass is 329 g/mol. The highest BCUT2D eigenvalue weighted by Gasteiger charge is 2.08. The third kappa shape index (κ3) is 3.05. The minimum Gasteiger partial charge on any atom is -0.478 e. The Bertz CT molecular complexity index is 582. The van der Waals surface area contributed by atoms with Crippen molar-refractivity contribution in [3.05, 3.63) is 51.3 Å². The maximum Gasteiger partial charge on any atom is 0.338 e. The number of aromatic carboxylic acids is 1. The fraction of sp³-hybridized carbons (Fsp3) is 0.0833. The number of furan rings is 1. The molecule has 4 nitrogen and oxygen atoms in total. The lowest BCUT2D eigenvalue weighted by Crippen LogP contribution is -1.99. The van der Waals surface area contributed by atoms with Crippen LogP contribution in [-0.4, -0.2) is 11.1 Å². The summed E-state index contributed by atoms with van der Waals surface area (Å²) in [6.45, 7) is 0.365. The number of hydrogen-bond acceptors (Lipinski definition) is 3. The first-order valence-electron chi connectivity index (χ1n) is 5.06. The summed E-state index contributed by atoms with van der Waals surface area (Å²) in [4.78, 5) is 10.7. The zero-order valence-corrected chi connectivity index (χ0v) is 11.5. The molecule has 2 rings (SSSR count). The molecule has 6 heteroatoms. The number of hydrogen-bond donors (Lipinski definition) is 2. The van der Waals surface area contributed by atoms with Crippen LogP contribution < -0.4 is 5.32 Å². The first-order chi connectivity index (χ1) is 8.56. The van der Waals surface area contributed by atoms with Crippen LogP contribution in [0.15, 0.2) is 39.4 Å². The highest BCUT2D eigenvalue weighted by atomic mass is 79.9. The Kier molecular flexibility index (Phi) is 3.93. The van der Waals surface area contributed by atoms with Gasteiger partial charge in [-0.15, -0.1) is 0 Å². The quantitative estimate of drug-likeness (QED) is 0.889. The van der Waals surface area contributed by atoms with Crippen LogP contribution in [0.1, 0.15) is 16.1 Å². The lowest BCUT2D eigenvalue weighted by Gasteiger charge is -2.06. The van der Waals surface area contributed by atoms with Crippen LogP contribution in [0.4, 0.5) is 5.69 Å². The van der Waals surface area contributed by atoms with Crippen LogP contribution in [0.5, 0.6) is 0 Å². The van der Waals surface area contributed by atoms with E-state index in [1.807, 2.05) is 12.1 Å². The molecule has 0 fully saturated rings. The van der Waals surface area contributed by atoms with Gasteiger partial charge >= 0.3 is 5.97 Å². The van der Waals surface area contributed by atoms with Gasteiger partial charge in [-0.2, -0.15) is 0 Å². The molecule has 0 bridgehead atoms. The van der Waals surface area contributed by atoms with E-state index in [-0.39, 0.29) is 5.56 Å². The summed E-state index contributed by atoms with van der Waals surface area (Å²) in [6, 6.07) is 6.91. The van der Waals surface area contributed by atoms with Gasteiger partial charge in [0.25, 0.3) is 0 Å². The van der Waals surface area contributed by atoms with E-state index in [2.05, 4.69) is 21.2 Å². The Morgan fingerprint density at radius 2 is 2.22 bits per heavy atom. The molecule has 0 aliphatic heterocycles. The molecule has 0 unspecified atom stereocenters. The third-order valence-electron chi connectivity index (χ3n) is 2.28. The molecular weight excluding hydrogens is 321 g/mol. The number of carboxylic acid groups (broad SMARTS) is 1. The minimum absolute atomic E-state index is 0.132. The van der Waals surface area contributed by atoms with Crippen LogP contribution >= 0.6 is 27.5 Å².